The predicted molar refractivity (Wildman–Crippen MR) is 93.3 cm³/mol. The zero-order chi connectivity index (χ0) is 16.9. The number of likely N-dealkylation sites (tertiary alicyclic amines) is 1. The zero-order valence-electron chi connectivity index (χ0n) is 13.2. The van der Waals surface area contributed by atoms with Crippen LogP contribution in [-0.2, 0) is 0 Å². The zero-order valence-corrected chi connectivity index (χ0v) is 14.0. The van der Waals surface area contributed by atoms with Crippen molar-refractivity contribution >= 4 is 22.9 Å². The average Bonchev–Trinajstić information content (AvgIpc) is 3.29. The largest absolute Gasteiger partial charge is 0.350 e. The van der Waals surface area contributed by atoms with Gasteiger partial charge in [-0.15, -0.1) is 11.3 Å². The summed E-state index contributed by atoms with van der Waals surface area (Å²) in [6.07, 6.45) is 2.36. The van der Waals surface area contributed by atoms with Gasteiger partial charge in [-0.25, -0.2) is 0 Å². The van der Waals surface area contributed by atoms with Crippen LogP contribution in [0.5, 0.6) is 0 Å². The molecule has 0 spiro atoms. The van der Waals surface area contributed by atoms with Gasteiger partial charge in [0.05, 0.1) is 11.0 Å². The van der Waals surface area contributed by atoms with Crippen LogP contribution < -0.4 is 5.32 Å². The Morgan fingerprint density at radius 2 is 2.08 bits per heavy atom. The first kappa shape index (κ1) is 16.6. The Morgan fingerprint density at radius 1 is 1.29 bits per heavy atom. The molecule has 1 aliphatic heterocycles. The van der Waals surface area contributed by atoms with Gasteiger partial charge in [0.15, 0.2) is 0 Å². The van der Waals surface area contributed by atoms with Gasteiger partial charge in [-0.2, -0.15) is 0 Å². The van der Waals surface area contributed by atoms with Crippen LogP contribution in [0.2, 0.25) is 0 Å². The molecule has 1 aromatic carbocycles. The third kappa shape index (κ3) is 3.80. The fourth-order valence-corrected chi connectivity index (χ4v) is 3.86. The molecule has 0 saturated carbocycles. The fourth-order valence-electron chi connectivity index (χ4n) is 3.00. The van der Waals surface area contributed by atoms with Gasteiger partial charge in [0.25, 0.3) is 11.6 Å². The Morgan fingerprint density at radius 3 is 2.75 bits per heavy atom. The van der Waals surface area contributed by atoms with Crippen molar-refractivity contribution in [2.24, 2.45) is 0 Å². The molecule has 1 amide bonds. The van der Waals surface area contributed by atoms with E-state index >= 15 is 0 Å². The summed E-state index contributed by atoms with van der Waals surface area (Å²) in [4.78, 5) is 26.3. The molecule has 0 aliphatic carbocycles. The summed E-state index contributed by atoms with van der Waals surface area (Å²) < 4.78 is 0. The van der Waals surface area contributed by atoms with E-state index in [1.165, 1.54) is 35.9 Å². The SMILES string of the molecule is O=C(NC[C@@H](c1cccs1)N1CCCC1)c1cccc([N+](=O)[O-])c1. The highest BCUT2D eigenvalue weighted by Crippen LogP contribution is 2.28. The number of hydrogen-bond acceptors (Lipinski definition) is 5. The number of benzene rings is 1. The van der Waals surface area contributed by atoms with Crippen LogP contribution in [0.25, 0.3) is 0 Å². The number of amides is 1. The lowest BCUT2D eigenvalue weighted by atomic mass is 10.1. The number of thiophene rings is 1. The number of carbonyl (C=O) groups is 1. The van der Waals surface area contributed by atoms with Crippen molar-refractivity contribution < 1.29 is 9.72 Å². The Bertz CT molecular complexity index is 712. The Hall–Kier alpha value is -2.25. The average molecular weight is 345 g/mol. The van der Waals surface area contributed by atoms with Gasteiger partial charge in [0.2, 0.25) is 0 Å². The summed E-state index contributed by atoms with van der Waals surface area (Å²) >= 11 is 1.69. The van der Waals surface area contributed by atoms with E-state index in [1.807, 2.05) is 11.4 Å². The van der Waals surface area contributed by atoms with E-state index in [1.54, 1.807) is 17.4 Å². The number of carbonyl (C=O) groups excluding carboxylic acids is 1. The Balaban J connectivity index is 1.69. The van der Waals surface area contributed by atoms with Crippen molar-refractivity contribution in [1.29, 1.82) is 0 Å². The lowest BCUT2D eigenvalue weighted by Gasteiger charge is -2.26. The van der Waals surface area contributed by atoms with E-state index < -0.39 is 4.92 Å². The second-order valence-electron chi connectivity index (χ2n) is 5.79. The second-order valence-corrected chi connectivity index (χ2v) is 6.77. The van der Waals surface area contributed by atoms with Crippen LogP contribution in [0.3, 0.4) is 0 Å². The molecule has 1 atom stereocenters. The molecule has 2 aromatic rings. The van der Waals surface area contributed by atoms with E-state index in [2.05, 4.69) is 16.3 Å². The maximum absolute atomic E-state index is 12.4. The van der Waals surface area contributed by atoms with Crippen LogP contribution in [0.15, 0.2) is 41.8 Å². The molecule has 1 N–H and O–H groups in total. The standard InChI is InChI=1S/C17H19N3O3S/c21-17(13-5-3-6-14(11-13)20(22)23)18-12-15(16-7-4-10-24-16)19-8-1-2-9-19/h3-7,10-11,15H,1-2,8-9,12H2,(H,18,21)/t15-/m0/s1. The summed E-state index contributed by atoms with van der Waals surface area (Å²) in [6, 6.07) is 10.1. The molecule has 24 heavy (non-hydrogen) atoms. The highest BCUT2D eigenvalue weighted by molar-refractivity contribution is 7.10. The van der Waals surface area contributed by atoms with Crippen molar-refractivity contribution in [3.63, 3.8) is 0 Å². The molecule has 1 saturated heterocycles. The summed E-state index contributed by atoms with van der Waals surface area (Å²) in [5.74, 6) is -0.278. The number of hydrogen-bond donors (Lipinski definition) is 1. The van der Waals surface area contributed by atoms with Crippen LogP contribution in [0.1, 0.15) is 34.1 Å². The van der Waals surface area contributed by atoms with Gasteiger partial charge in [-0.3, -0.25) is 19.8 Å². The topological polar surface area (TPSA) is 75.5 Å². The number of non-ortho nitro benzene ring substituents is 1. The van der Waals surface area contributed by atoms with Crippen molar-refractivity contribution in [2.45, 2.75) is 18.9 Å². The minimum absolute atomic E-state index is 0.0722. The van der Waals surface area contributed by atoms with Crippen molar-refractivity contribution in [3.8, 4) is 0 Å². The lowest BCUT2D eigenvalue weighted by molar-refractivity contribution is -0.384. The molecule has 2 heterocycles. The quantitative estimate of drug-likeness (QED) is 0.644. The maximum atomic E-state index is 12.4. The number of nitro groups is 1. The highest BCUT2D eigenvalue weighted by atomic mass is 32.1. The van der Waals surface area contributed by atoms with Gasteiger partial charge < -0.3 is 5.32 Å². The predicted octanol–water partition coefficient (Wildman–Crippen LogP) is 3.22. The molecule has 1 fully saturated rings. The first-order chi connectivity index (χ1) is 11.6. The number of rotatable bonds is 6. The van der Waals surface area contributed by atoms with Crippen molar-refractivity contribution in [3.05, 3.63) is 62.3 Å². The second kappa shape index (κ2) is 7.55. The van der Waals surface area contributed by atoms with Gasteiger partial charge in [0.1, 0.15) is 0 Å². The fraction of sp³-hybridized carbons (Fsp3) is 0.353. The number of nitrogens with one attached hydrogen (secondary N) is 1. The van der Waals surface area contributed by atoms with Crippen molar-refractivity contribution in [1.82, 2.24) is 10.2 Å². The van der Waals surface area contributed by atoms with E-state index in [0.717, 1.165) is 13.1 Å². The molecule has 6 nitrogen and oxygen atoms in total. The number of nitro benzene ring substituents is 1. The number of nitrogens with zero attached hydrogens (tertiary/aromatic N) is 2. The van der Waals surface area contributed by atoms with Gasteiger partial charge in [-0.05, 0) is 43.4 Å². The van der Waals surface area contributed by atoms with E-state index in [0.29, 0.717) is 12.1 Å². The summed E-state index contributed by atoms with van der Waals surface area (Å²) in [7, 11) is 0. The monoisotopic (exact) mass is 345 g/mol. The Kier molecular flexibility index (Phi) is 5.22. The van der Waals surface area contributed by atoms with Crippen LogP contribution >= 0.6 is 11.3 Å². The molecular weight excluding hydrogens is 326 g/mol. The molecule has 1 aliphatic rings. The first-order valence-corrected chi connectivity index (χ1v) is 8.83. The molecular formula is C17H19N3O3S. The third-order valence-corrected chi connectivity index (χ3v) is 5.20. The smallest absolute Gasteiger partial charge is 0.270 e. The van der Waals surface area contributed by atoms with E-state index in [-0.39, 0.29) is 17.6 Å². The van der Waals surface area contributed by atoms with Gasteiger partial charge in [-0.1, -0.05) is 12.1 Å². The van der Waals surface area contributed by atoms with Crippen LogP contribution in [0, 0.1) is 10.1 Å². The summed E-state index contributed by atoms with van der Waals surface area (Å²) in [5, 5.41) is 15.8. The van der Waals surface area contributed by atoms with Gasteiger partial charge >= 0.3 is 0 Å². The normalized spacial score (nSPS) is 16.0. The van der Waals surface area contributed by atoms with Crippen molar-refractivity contribution in [2.75, 3.05) is 19.6 Å². The third-order valence-electron chi connectivity index (χ3n) is 4.23. The molecule has 126 valence electrons. The molecule has 1 aromatic heterocycles. The molecule has 3 rings (SSSR count). The van der Waals surface area contributed by atoms with Gasteiger partial charge in [0, 0.05) is 29.1 Å². The minimum Gasteiger partial charge on any atom is -0.350 e. The Labute approximate surface area is 144 Å². The molecule has 0 unspecified atom stereocenters. The van der Waals surface area contributed by atoms with E-state index in [9.17, 15) is 14.9 Å². The highest BCUT2D eigenvalue weighted by Gasteiger charge is 2.25. The maximum Gasteiger partial charge on any atom is 0.270 e. The summed E-state index contributed by atoms with van der Waals surface area (Å²) in [5.41, 5.74) is 0.243. The molecule has 7 heteroatoms. The lowest BCUT2D eigenvalue weighted by Crippen LogP contribution is -2.36. The minimum atomic E-state index is -0.491. The van der Waals surface area contributed by atoms with E-state index in [4.69, 9.17) is 0 Å². The first-order valence-electron chi connectivity index (χ1n) is 7.95. The molecule has 0 bridgehead atoms. The van der Waals surface area contributed by atoms with Crippen LogP contribution in [0.4, 0.5) is 5.69 Å². The van der Waals surface area contributed by atoms with Crippen LogP contribution in [-0.4, -0.2) is 35.4 Å². The molecule has 0 radical (unpaired) electrons. The summed E-state index contributed by atoms with van der Waals surface area (Å²) in [6.45, 7) is 2.58.